The van der Waals surface area contributed by atoms with E-state index < -0.39 is 0 Å². The van der Waals surface area contributed by atoms with Crippen molar-refractivity contribution in [2.75, 3.05) is 27.2 Å². The van der Waals surface area contributed by atoms with Gasteiger partial charge in [-0.1, -0.05) is 35.4 Å². The Morgan fingerprint density at radius 2 is 1.77 bits per heavy atom. The molecule has 1 aromatic carbocycles. The molecule has 1 aromatic rings. The summed E-state index contributed by atoms with van der Waals surface area (Å²) < 4.78 is 0.813. The quantitative estimate of drug-likeness (QED) is 0.388. The number of thiocarbonyl (C=S) groups is 1. The third-order valence-corrected chi connectivity index (χ3v) is 5.03. The molecule has 22 heavy (non-hydrogen) atoms. The van der Waals surface area contributed by atoms with Crippen molar-refractivity contribution in [3.63, 3.8) is 0 Å². The van der Waals surface area contributed by atoms with E-state index in [-0.39, 0.29) is 12.4 Å². The number of rotatable bonds is 3. The van der Waals surface area contributed by atoms with Gasteiger partial charge in [-0.2, -0.15) is 0 Å². The summed E-state index contributed by atoms with van der Waals surface area (Å²) in [7, 11) is 3.88. The van der Waals surface area contributed by atoms with Gasteiger partial charge in [-0.25, -0.2) is 4.99 Å². The number of hydrogen-bond acceptors (Lipinski definition) is 3. The van der Waals surface area contributed by atoms with Gasteiger partial charge in [-0.15, -0.1) is 12.4 Å². The highest BCUT2D eigenvalue weighted by Crippen LogP contribution is 2.28. The molecule has 0 saturated heterocycles. The van der Waals surface area contributed by atoms with Crippen molar-refractivity contribution < 1.29 is 0 Å². The predicted molar refractivity (Wildman–Crippen MR) is 108 cm³/mol. The van der Waals surface area contributed by atoms with Crippen LogP contribution in [0.4, 0.5) is 5.69 Å². The number of amidine groups is 1. The fraction of sp³-hybridized carbons (Fsp3) is 0.429. The van der Waals surface area contributed by atoms with Gasteiger partial charge in [-0.05, 0) is 43.8 Å². The second-order valence-electron chi connectivity index (χ2n) is 4.43. The molecule has 0 saturated carbocycles. The van der Waals surface area contributed by atoms with Crippen molar-refractivity contribution in [3.8, 4) is 0 Å². The number of benzene rings is 1. The monoisotopic (exact) mass is 399 g/mol. The van der Waals surface area contributed by atoms with Crippen molar-refractivity contribution in [2.45, 2.75) is 13.8 Å². The van der Waals surface area contributed by atoms with E-state index in [1.165, 1.54) is 11.8 Å². The van der Waals surface area contributed by atoms with E-state index in [1.807, 2.05) is 25.1 Å². The first-order valence-corrected chi connectivity index (χ1v) is 8.54. The van der Waals surface area contributed by atoms with Crippen LogP contribution in [0.25, 0.3) is 0 Å². The number of halogens is 3. The van der Waals surface area contributed by atoms with Crippen LogP contribution in [0.1, 0.15) is 13.8 Å². The van der Waals surface area contributed by atoms with Gasteiger partial charge in [0.2, 0.25) is 0 Å². The summed E-state index contributed by atoms with van der Waals surface area (Å²) in [4.78, 5) is 8.65. The number of hydrogen-bond donors (Lipinski definition) is 0. The minimum absolute atomic E-state index is 0. The summed E-state index contributed by atoms with van der Waals surface area (Å²) in [5.41, 5.74) is 0.753. The van der Waals surface area contributed by atoms with Gasteiger partial charge in [0, 0.05) is 27.2 Å². The Morgan fingerprint density at radius 3 is 2.23 bits per heavy atom. The van der Waals surface area contributed by atoms with Crippen molar-refractivity contribution >= 4 is 74.8 Å². The predicted octanol–water partition coefficient (Wildman–Crippen LogP) is 5.32. The Kier molecular flexibility index (Phi) is 10.5. The molecular formula is C14H20Cl3N3S2. The van der Waals surface area contributed by atoms with Crippen molar-refractivity contribution in [3.05, 3.63) is 28.2 Å². The van der Waals surface area contributed by atoms with Gasteiger partial charge in [0.1, 0.15) is 4.32 Å². The largest absolute Gasteiger partial charge is 0.358 e. The lowest BCUT2D eigenvalue weighted by Crippen LogP contribution is -2.30. The van der Waals surface area contributed by atoms with E-state index in [4.69, 9.17) is 35.4 Å². The Hall–Kier alpha value is -0.200. The Balaban J connectivity index is 0.00000441. The maximum atomic E-state index is 6.02. The van der Waals surface area contributed by atoms with E-state index in [2.05, 4.69) is 23.7 Å². The molecule has 0 heterocycles. The van der Waals surface area contributed by atoms with Crippen molar-refractivity contribution in [1.82, 2.24) is 9.80 Å². The van der Waals surface area contributed by atoms with Crippen LogP contribution in [-0.2, 0) is 0 Å². The molecule has 0 spiro atoms. The fourth-order valence-electron chi connectivity index (χ4n) is 1.50. The SMILES string of the molecule is CCN(CC)C(=S)S/C(=N/c1ccc(Cl)c(Cl)c1)N(C)C.Cl. The minimum atomic E-state index is 0. The second-order valence-corrected chi connectivity index (χ2v) is 6.84. The van der Waals surface area contributed by atoms with Gasteiger partial charge in [-0.3, -0.25) is 0 Å². The molecule has 0 fully saturated rings. The zero-order valence-corrected chi connectivity index (χ0v) is 16.9. The number of nitrogens with zero attached hydrogens (tertiary/aromatic N) is 3. The lowest BCUT2D eigenvalue weighted by Gasteiger charge is -2.23. The maximum Gasteiger partial charge on any atom is 0.170 e. The van der Waals surface area contributed by atoms with Crippen molar-refractivity contribution in [2.24, 2.45) is 4.99 Å². The van der Waals surface area contributed by atoms with E-state index in [0.717, 1.165) is 28.3 Å². The van der Waals surface area contributed by atoms with Crippen LogP contribution in [0.5, 0.6) is 0 Å². The molecule has 0 N–H and O–H groups in total. The molecule has 0 atom stereocenters. The molecule has 0 amide bonds. The van der Waals surface area contributed by atoms with Crippen LogP contribution < -0.4 is 0 Å². The normalized spacial score (nSPS) is 10.9. The van der Waals surface area contributed by atoms with Gasteiger partial charge in [0.05, 0.1) is 15.7 Å². The summed E-state index contributed by atoms with van der Waals surface area (Å²) in [6.07, 6.45) is 0. The second kappa shape index (κ2) is 10.6. The van der Waals surface area contributed by atoms with Crippen LogP contribution in [-0.4, -0.2) is 46.5 Å². The first kappa shape index (κ1) is 21.8. The summed E-state index contributed by atoms with van der Waals surface area (Å²) in [6.45, 7) is 5.94. The van der Waals surface area contributed by atoms with Gasteiger partial charge >= 0.3 is 0 Å². The van der Waals surface area contributed by atoms with Gasteiger partial charge < -0.3 is 9.80 Å². The highest BCUT2D eigenvalue weighted by atomic mass is 35.5. The molecule has 8 heteroatoms. The zero-order valence-electron chi connectivity index (χ0n) is 13.0. The van der Waals surface area contributed by atoms with Crippen LogP contribution in [0.15, 0.2) is 23.2 Å². The standard InChI is InChI=1S/C14H19Cl2N3S2.ClH/c1-5-19(6-2)14(20)21-13(18(3)4)17-10-7-8-11(15)12(16)9-10;/h7-9H,5-6H2,1-4H3;1H/b17-13+;. The third-order valence-electron chi connectivity index (χ3n) is 2.71. The lowest BCUT2D eigenvalue weighted by molar-refractivity contribution is 0.482. The lowest BCUT2D eigenvalue weighted by atomic mass is 10.3. The van der Waals surface area contributed by atoms with Crippen LogP contribution in [0.2, 0.25) is 10.0 Å². The summed E-state index contributed by atoms with van der Waals surface area (Å²) >= 11 is 18.9. The van der Waals surface area contributed by atoms with Crippen molar-refractivity contribution in [1.29, 1.82) is 0 Å². The molecule has 0 aliphatic rings. The fourth-order valence-corrected chi connectivity index (χ4v) is 3.15. The van der Waals surface area contributed by atoms with E-state index in [1.54, 1.807) is 12.1 Å². The Labute approximate surface area is 158 Å². The van der Waals surface area contributed by atoms with Gasteiger partial charge in [0.15, 0.2) is 5.17 Å². The number of thioether (sulfide) groups is 1. The van der Waals surface area contributed by atoms with Crippen LogP contribution in [0.3, 0.4) is 0 Å². The number of aliphatic imine (C=N–C) groups is 1. The van der Waals surface area contributed by atoms with E-state index in [0.29, 0.717) is 10.0 Å². The smallest absolute Gasteiger partial charge is 0.170 e. The van der Waals surface area contributed by atoms with Crippen LogP contribution in [0, 0.1) is 0 Å². The highest BCUT2D eigenvalue weighted by Gasteiger charge is 2.12. The molecular weight excluding hydrogens is 381 g/mol. The first-order chi connectivity index (χ1) is 9.88. The summed E-state index contributed by atoms with van der Waals surface area (Å²) in [6, 6.07) is 5.32. The zero-order chi connectivity index (χ0) is 16.0. The topological polar surface area (TPSA) is 18.8 Å². The molecule has 124 valence electrons. The van der Waals surface area contributed by atoms with E-state index >= 15 is 0 Å². The molecule has 0 aliphatic heterocycles. The molecule has 0 bridgehead atoms. The Bertz CT molecular complexity index is 532. The molecule has 0 radical (unpaired) electrons. The minimum Gasteiger partial charge on any atom is -0.358 e. The molecule has 3 nitrogen and oxygen atoms in total. The maximum absolute atomic E-state index is 6.02. The molecule has 0 aromatic heterocycles. The molecule has 0 aliphatic carbocycles. The van der Waals surface area contributed by atoms with E-state index in [9.17, 15) is 0 Å². The third kappa shape index (κ3) is 6.50. The average molecular weight is 401 g/mol. The average Bonchev–Trinajstić information content (AvgIpc) is 2.43. The van der Waals surface area contributed by atoms with Gasteiger partial charge in [0.25, 0.3) is 0 Å². The first-order valence-electron chi connectivity index (χ1n) is 6.56. The Morgan fingerprint density at radius 1 is 1.18 bits per heavy atom. The molecule has 1 rings (SSSR count). The summed E-state index contributed by atoms with van der Waals surface area (Å²) in [5, 5.41) is 1.82. The molecule has 0 unspecified atom stereocenters. The highest BCUT2D eigenvalue weighted by molar-refractivity contribution is 8.32. The van der Waals surface area contributed by atoms with Crippen LogP contribution >= 0.6 is 59.6 Å². The summed E-state index contributed by atoms with van der Waals surface area (Å²) in [5.74, 6) is 0.